The Bertz CT molecular complexity index is 706. The molecule has 0 heterocycles. The highest BCUT2D eigenvalue weighted by molar-refractivity contribution is 6.30. The first kappa shape index (κ1) is 24.9. The molecule has 3 atom stereocenters. The monoisotopic (exact) mass is 419 g/mol. The number of allylic oxidation sites excluding steroid dienone is 1. The minimum Gasteiger partial charge on any atom is -0.309 e. The molecular weight excluding hydrogens is 386 g/mol. The molecule has 0 fully saturated rings. The third-order valence-electron chi connectivity index (χ3n) is 4.96. The van der Waals surface area contributed by atoms with Gasteiger partial charge < -0.3 is 10.2 Å². The second-order valence-corrected chi connectivity index (χ2v) is 7.58. The maximum atomic E-state index is 11.9. The van der Waals surface area contributed by atoms with Crippen LogP contribution in [0.15, 0.2) is 58.9 Å². The van der Waals surface area contributed by atoms with Crippen LogP contribution in [-0.2, 0) is 4.79 Å². The fourth-order valence-electron chi connectivity index (χ4n) is 2.79. The highest BCUT2D eigenvalue weighted by Crippen LogP contribution is 2.24. The third-order valence-corrected chi connectivity index (χ3v) is 5.19. The summed E-state index contributed by atoms with van der Waals surface area (Å²) in [5.41, 5.74) is 1.89. The molecule has 0 aliphatic rings. The van der Waals surface area contributed by atoms with Crippen LogP contribution in [0.4, 0.5) is 5.69 Å². The first-order chi connectivity index (χ1) is 13.8. The average Bonchev–Trinajstić information content (AvgIpc) is 2.72. The van der Waals surface area contributed by atoms with Crippen molar-refractivity contribution in [2.45, 2.75) is 52.2 Å². The lowest BCUT2D eigenvalue weighted by atomic mass is 10.0. The van der Waals surface area contributed by atoms with Crippen molar-refractivity contribution in [1.82, 2.24) is 10.3 Å². The topological polar surface area (TPSA) is 60.3 Å². The van der Waals surface area contributed by atoms with Gasteiger partial charge in [-0.3, -0.25) is 9.80 Å². The number of nitrogens with zero attached hydrogens (tertiary/aromatic N) is 4. The number of carbonyl (C=O) groups is 1. The Hall–Kier alpha value is -2.18. The van der Waals surface area contributed by atoms with E-state index in [1.54, 1.807) is 17.0 Å². The van der Waals surface area contributed by atoms with Gasteiger partial charge in [0, 0.05) is 36.9 Å². The van der Waals surface area contributed by atoms with Gasteiger partial charge in [-0.05, 0) is 52.3 Å². The van der Waals surface area contributed by atoms with Gasteiger partial charge in [0.25, 0.3) is 0 Å². The normalized spacial score (nSPS) is 15.0. The summed E-state index contributed by atoms with van der Waals surface area (Å²) < 4.78 is 0. The van der Waals surface area contributed by atoms with Crippen molar-refractivity contribution in [3.05, 3.63) is 53.6 Å². The van der Waals surface area contributed by atoms with Crippen molar-refractivity contribution < 1.29 is 4.79 Å². The van der Waals surface area contributed by atoms with Crippen molar-refractivity contribution in [3.8, 4) is 0 Å². The Labute approximate surface area is 180 Å². The summed E-state index contributed by atoms with van der Waals surface area (Å²) in [7, 11) is 1.89. The summed E-state index contributed by atoms with van der Waals surface area (Å²) >= 11 is 6.12. The Kier molecular flexibility index (Phi) is 11.2. The van der Waals surface area contributed by atoms with E-state index in [4.69, 9.17) is 11.6 Å². The lowest BCUT2D eigenvalue weighted by Gasteiger charge is -2.30. The van der Waals surface area contributed by atoms with Crippen LogP contribution in [0, 0.1) is 0 Å². The maximum absolute atomic E-state index is 11.9. The standard InChI is InChI=1S/C22H34ClN5O/c1-7-13-24-18(4)19(5)25-26-27(6)14-12-22(17(3)8-2)28(16-29)21-11-9-10-20(23)15-21/h7-11,15-16,18-19,22,24H,1,12-14H2,2-6H3/b17-8+,26-25?/t18-,19?,22?/m0/s1. The summed E-state index contributed by atoms with van der Waals surface area (Å²) in [4.78, 5) is 13.6. The molecule has 0 saturated heterocycles. The van der Waals surface area contributed by atoms with Crippen LogP contribution in [-0.4, -0.2) is 49.7 Å². The molecule has 1 N–H and O–H groups in total. The van der Waals surface area contributed by atoms with Gasteiger partial charge in [-0.15, -0.1) is 6.58 Å². The van der Waals surface area contributed by atoms with Crippen LogP contribution < -0.4 is 10.2 Å². The highest BCUT2D eigenvalue weighted by atomic mass is 35.5. The molecule has 0 spiro atoms. The van der Waals surface area contributed by atoms with E-state index in [9.17, 15) is 4.79 Å². The lowest BCUT2D eigenvalue weighted by Crippen LogP contribution is -2.37. The van der Waals surface area contributed by atoms with Crippen molar-refractivity contribution in [2.75, 3.05) is 25.0 Å². The van der Waals surface area contributed by atoms with E-state index in [-0.39, 0.29) is 18.1 Å². The second-order valence-electron chi connectivity index (χ2n) is 7.14. The van der Waals surface area contributed by atoms with Gasteiger partial charge in [-0.2, -0.15) is 5.11 Å². The second kappa shape index (κ2) is 13.1. The smallest absolute Gasteiger partial charge is 0.214 e. The van der Waals surface area contributed by atoms with E-state index in [2.05, 4.69) is 29.2 Å². The summed E-state index contributed by atoms with van der Waals surface area (Å²) in [5, 5.41) is 14.5. The predicted molar refractivity (Wildman–Crippen MR) is 122 cm³/mol. The molecule has 1 rings (SSSR count). The van der Waals surface area contributed by atoms with E-state index in [0.717, 1.165) is 30.6 Å². The van der Waals surface area contributed by atoms with Crippen molar-refractivity contribution in [1.29, 1.82) is 0 Å². The van der Waals surface area contributed by atoms with Crippen LogP contribution in [0.3, 0.4) is 0 Å². The van der Waals surface area contributed by atoms with E-state index in [0.29, 0.717) is 11.6 Å². The van der Waals surface area contributed by atoms with Crippen molar-refractivity contribution in [3.63, 3.8) is 0 Å². The molecule has 0 saturated carbocycles. The van der Waals surface area contributed by atoms with Gasteiger partial charge >= 0.3 is 0 Å². The minimum atomic E-state index is -0.0841. The quantitative estimate of drug-likeness (QED) is 0.214. The van der Waals surface area contributed by atoms with E-state index >= 15 is 0 Å². The molecule has 6 nitrogen and oxygen atoms in total. The molecule has 1 amide bonds. The van der Waals surface area contributed by atoms with Crippen LogP contribution >= 0.6 is 11.6 Å². The summed E-state index contributed by atoms with van der Waals surface area (Å²) in [6, 6.07) is 7.50. The highest BCUT2D eigenvalue weighted by Gasteiger charge is 2.21. The summed E-state index contributed by atoms with van der Waals surface area (Å²) in [6.45, 7) is 13.2. The zero-order chi connectivity index (χ0) is 21.8. The number of benzene rings is 1. The van der Waals surface area contributed by atoms with E-state index in [1.807, 2.05) is 57.1 Å². The first-order valence-electron chi connectivity index (χ1n) is 9.92. The van der Waals surface area contributed by atoms with Gasteiger partial charge in [0.2, 0.25) is 6.41 Å². The molecule has 0 aliphatic carbocycles. The molecule has 160 valence electrons. The van der Waals surface area contributed by atoms with Crippen LogP contribution in [0.25, 0.3) is 0 Å². The molecule has 1 aromatic rings. The Morgan fingerprint density at radius 3 is 2.69 bits per heavy atom. The molecule has 0 bridgehead atoms. The van der Waals surface area contributed by atoms with Crippen molar-refractivity contribution >= 4 is 23.7 Å². The third kappa shape index (κ3) is 8.38. The fraction of sp³-hybridized carbons (Fsp3) is 0.500. The van der Waals surface area contributed by atoms with Crippen LogP contribution in [0.2, 0.25) is 5.02 Å². The number of rotatable bonds is 13. The zero-order valence-corrected chi connectivity index (χ0v) is 18.9. The zero-order valence-electron chi connectivity index (χ0n) is 18.2. The number of halogens is 1. The molecule has 1 aromatic carbocycles. The van der Waals surface area contributed by atoms with E-state index in [1.165, 1.54) is 0 Å². The number of amides is 1. The maximum Gasteiger partial charge on any atom is 0.214 e. The first-order valence-corrected chi connectivity index (χ1v) is 10.3. The summed E-state index contributed by atoms with van der Waals surface area (Å²) in [5.74, 6) is 0. The number of nitrogens with one attached hydrogen (secondary N) is 1. The number of carbonyl (C=O) groups excluding carboxylic acids is 1. The largest absolute Gasteiger partial charge is 0.309 e. The van der Waals surface area contributed by atoms with Crippen molar-refractivity contribution in [2.24, 2.45) is 10.3 Å². The molecule has 0 aromatic heterocycles. The predicted octanol–water partition coefficient (Wildman–Crippen LogP) is 4.88. The SMILES string of the molecule is C=CCN[C@@H](C)C(C)N=NN(C)CCC(/C(C)=C/C)N(C=O)c1cccc(Cl)c1. The molecule has 0 radical (unpaired) electrons. The molecule has 29 heavy (non-hydrogen) atoms. The minimum absolute atomic E-state index is 0.0448. The Balaban J connectivity index is 2.80. The fourth-order valence-corrected chi connectivity index (χ4v) is 2.98. The van der Waals surface area contributed by atoms with Crippen LogP contribution in [0.5, 0.6) is 0 Å². The number of hydrogen-bond donors (Lipinski definition) is 1. The average molecular weight is 420 g/mol. The van der Waals surface area contributed by atoms with E-state index < -0.39 is 0 Å². The summed E-state index contributed by atoms with van der Waals surface area (Å²) in [6.07, 6.45) is 5.44. The Morgan fingerprint density at radius 1 is 1.38 bits per heavy atom. The van der Waals surface area contributed by atoms with Gasteiger partial charge in [0.05, 0.1) is 12.1 Å². The Morgan fingerprint density at radius 2 is 2.10 bits per heavy atom. The molecular formula is C22H34ClN5O. The molecule has 2 unspecified atom stereocenters. The number of hydrogen-bond acceptors (Lipinski definition) is 4. The van der Waals surface area contributed by atoms with Gasteiger partial charge in [0.15, 0.2) is 0 Å². The van der Waals surface area contributed by atoms with Gasteiger partial charge in [-0.1, -0.05) is 40.6 Å². The molecule has 0 aliphatic heterocycles. The number of anilines is 1. The van der Waals surface area contributed by atoms with Crippen LogP contribution in [0.1, 0.15) is 34.1 Å². The van der Waals surface area contributed by atoms with Gasteiger partial charge in [0.1, 0.15) is 0 Å². The van der Waals surface area contributed by atoms with Gasteiger partial charge in [-0.25, -0.2) is 0 Å². The lowest BCUT2D eigenvalue weighted by molar-refractivity contribution is -0.107. The molecule has 7 heteroatoms.